The van der Waals surface area contributed by atoms with E-state index in [1.165, 1.54) is 12.1 Å². The Morgan fingerprint density at radius 3 is 1.97 bits per heavy atom. The summed E-state index contributed by atoms with van der Waals surface area (Å²) in [7, 11) is 1.61. The number of hydrogen-bond acceptors (Lipinski definition) is 6. The molecule has 6 N–H and O–H groups in total. The van der Waals surface area contributed by atoms with Crippen molar-refractivity contribution in [3.05, 3.63) is 35.4 Å². The van der Waals surface area contributed by atoms with Crippen LogP contribution in [0.5, 0.6) is 0 Å². The van der Waals surface area contributed by atoms with Gasteiger partial charge in [-0.15, -0.1) is 0 Å². The molecule has 8 nitrogen and oxygen atoms in total. The zero-order valence-corrected chi connectivity index (χ0v) is 24.2. The van der Waals surface area contributed by atoms with Crippen LogP contribution in [0.3, 0.4) is 0 Å². The number of benzene rings is 1. The highest BCUT2D eigenvalue weighted by Crippen LogP contribution is 2.30. The minimum Gasteiger partial charge on any atom is -0.364 e. The van der Waals surface area contributed by atoms with Crippen LogP contribution in [-0.4, -0.2) is 46.6 Å². The molecule has 0 fully saturated rings. The highest BCUT2D eigenvalue weighted by Gasteiger charge is 2.35. The first-order valence-electron chi connectivity index (χ1n) is 11.6. The lowest BCUT2D eigenvalue weighted by Gasteiger charge is -2.39. The minimum atomic E-state index is -4.45. The van der Waals surface area contributed by atoms with E-state index in [0.29, 0.717) is 24.3 Å². The first kappa shape index (κ1) is 32.7. The Morgan fingerprint density at radius 1 is 0.946 bits per heavy atom. The van der Waals surface area contributed by atoms with E-state index in [-0.39, 0.29) is 21.4 Å². The second-order valence-corrected chi connectivity index (χ2v) is 11.1. The van der Waals surface area contributed by atoms with Crippen molar-refractivity contribution in [3.63, 3.8) is 0 Å². The van der Waals surface area contributed by atoms with Gasteiger partial charge in [0.05, 0.1) is 17.9 Å². The van der Waals surface area contributed by atoms with E-state index in [0.717, 1.165) is 12.1 Å². The molecule has 1 unspecified atom stereocenters. The zero-order chi connectivity index (χ0) is 28.7. The van der Waals surface area contributed by atoms with Crippen LogP contribution in [0, 0.1) is 5.41 Å². The van der Waals surface area contributed by atoms with E-state index in [1.807, 2.05) is 41.5 Å². The van der Waals surface area contributed by atoms with Crippen molar-refractivity contribution in [2.75, 3.05) is 13.7 Å². The lowest BCUT2D eigenvalue weighted by molar-refractivity contribution is -0.137. The molecule has 0 spiro atoms. The topological polar surface area (TPSA) is 108 Å². The summed E-state index contributed by atoms with van der Waals surface area (Å²) in [5.74, 6) is 0. The quantitative estimate of drug-likeness (QED) is 0.132. The predicted octanol–water partition coefficient (Wildman–Crippen LogP) is 4.25. The number of thiocarbonyl (C=S) groups is 2. The van der Waals surface area contributed by atoms with Crippen LogP contribution in [-0.2, 0) is 10.9 Å². The van der Waals surface area contributed by atoms with Crippen molar-refractivity contribution in [3.8, 4) is 0 Å². The molecule has 0 amide bonds. The maximum Gasteiger partial charge on any atom is 0.416 e. The molecule has 1 aromatic rings. The molecule has 1 rings (SSSR count). The third-order valence-corrected chi connectivity index (χ3v) is 6.21. The number of hydrazone groups is 2. The van der Waals surface area contributed by atoms with Crippen molar-refractivity contribution < 1.29 is 17.9 Å². The first-order valence-corrected chi connectivity index (χ1v) is 12.4. The second kappa shape index (κ2) is 12.9. The normalized spacial score (nSPS) is 15.0. The summed E-state index contributed by atoms with van der Waals surface area (Å²) in [6.07, 6.45) is -3.83. The highest BCUT2D eigenvalue weighted by atomic mass is 32.1. The average molecular weight is 562 g/mol. The summed E-state index contributed by atoms with van der Waals surface area (Å²) in [6, 6.07) is 4.58. The van der Waals surface area contributed by atoms with E-state index >= 15 is 0 Å². The molecule has 37 heavy (non-hydrogen) atoms. The van der Waals surface area contributed by atoms with E-state index in [4.69, 9.17) is 34.9 Å². The minimum absolute atomic E-state index is 0.228. The van der Waals surface area contributed by atoms with E-state index in [9.17, 15) is 13.2 Å². The van der Waals surface area contributed by atoms with Crippen molar-refractivity contribution >= 4 is 46.1 Å². The predicted molar refractivity (Wildman–Crippen MR) is 151 cm³/mol. The largest absolute Gasteiger partial charge is 0.416 e. The number of ether oxygens (including phenoxy) is 1. The van der Waals surface area contributed by atoms with Gasteiger partial charge < -0.3 is 21.1 Å². The Bertz CT molecular complexity index is 999. The summed E-state index contributed by atoms with van der Waals surface area (Å²) >= 11 is 10.4. The SMILES string of the molecule is CNC(=S)N/N=C(/C(C)=N/NC(=S)NC(C)(C)CCOC(C)(N)C(C)(C)C)c1ccc(C(F)(F)F)cc1. The Morgan fingerprint density at radius 2 is 1.49 bits per heavy atom. The second-order valence-electron chi connectivity index (χ2n) is 10.3. The molecule has 0 aliphatic heterocycles. The number of halogens is 3. The van der Waals surface area contributed by atoms with Gasteiger partial charge in [-0.05, 0) is 70.7 Å². The van der Waals surface area contributed by atoms with Crippen molar-refractivity contribution in [1.29, 1.82) is 0 Å². The Labute approximate surface area is 228 Å². The molecule has 0 aliphatic carbocycles. The molecular weight excluding hydrogens is 523 g/mol. The number of hydrogen-bond donors (Lipinski definition) is 5. The van der Waals surface area contributed by atoms with Crippen LogP contribution in [0.4, 0.5) is 13.2 Å². The molecule has 1 atom stereocenters. The summed E-state index contributed by atoms with van der Waals surface area (Å²) in [4.78, 5) is 0. The molecule has 1 aromatic carbocycles. The third-order valence-electron chi connectivity index (χ3n) is 5.72. The molecule has 0 aliphatic rings. The summed E-state index contributed by atoms with van der Waals surface area (Å²) < 4.78 is 44.8. The van der Waals surface area contributed by atoms with Crippen LogP contribution in [0.15, 0.2) is 34.5 Å². The van der Waals surface area contributed by atoms with Crippen LogP contribution in [0.1, 0.15) is 66.0 Å². The van der Waals surface area contributed by atoms with Crippen LogP contribution in [0.25, 0.3) is 0 Å². The fraction of sp³-hybridized carbons (Fsp3) is 0.583. The van der Waals surface area contributed by atoms with Crippen molar-refractivity contribution in [2.24, 2.45) is 21.4 Å². The summed E-state index contributed by atoms with van der Waals surface area (Å²) in [6.45, 7) is 13.9. The summed E-state index contributed by atoms with van der Waals surface area (Å²) in [5.41, 5.74) is 10.5. The number of alkyl halides is 3. The third kappa shape index (κ3) is 10.9. The lowest BCUT2D eigenvalue weighted by atomic mass is 9.85. The molecule has 0 radical (unpaired) electrons. The van der Waals surface area contributed by atoms with Gasteiger partial charge in [-0.25, -0.2) is 0 Å². The Kier molecular flexibility index (Phi) is 11.4. The molecule has 0 aromatic heterocycles. The van der Waals surface area contributed by atoms with Gasteiger partial charge in [-0.1, -0.05) is 32.9 Å². The maximum absolute atomic E-state index is 13.0. The van der Waals surface area contributed by atoms with Gasteiger partial charge in [0.2, 0.25) is 0 Å². The van der Waals surface area contributed by atoms with Gasteiger partial charge in [0.15, 0.2) is 10.2 Å². The molecule has 0 bridgehead atoms. The standard InChI is InChI=1S/C24H38F3N7OS2/c1-15(18(32-33-19(36)29-8)16-9-11-17(12-10-16)24(25,26)27)31-34-20(37)30-22(5,6)13-14-35-23(7,28)21(2,3)4/h9-12H,13-14,28H2,1-8H3,(H2,29,33,36)(H2,30,34,37)/b31-15+,32-18-. The highest BCUT2D eigenvalue weighted by molar-refractivity contribution is 7.80. The average Bonchev–Trinajstić information content (AvgIpc) is 2.75. The fourth-order valence-corrected chi connectivity index (χ4v) is 3.02. The summed E-state index contributed by atoms with van der Waals surface area (Å²) in [5, 5.41) is 14.8. The van der Waals surface area contributed by atoms with Gasteiger partial charge in [0.25, 0.3) is 0 Å². The molecule has 0 heterocycles. The fourth-order valence-electron chi connectivity index (χ4n) is 2.65. The van der Waals surface area contributed by atoms with E-state index in [2.05, 4.69) is 31.7 Å². The molecule has 13 heteroatoms. The van der Waals surface area contributed by atoms with Crippen molar-refractivity contribution in [2.45, 2.75) is 72.3 Å². The van der Waals surface area contributed by atoms with Gasteiger partial charge in [-0.3, -0.25) is 10.9 Å². The Balaban J connectivity index is 2.93. The molecule has 0 saturated heterocycles. The number of rotatable bonds is 9. The van der Waals surface area contributed by atoms with Crippen LogP contribution >= 0.6 is 24.4 Å². The van der Waals surface area contributed by atoms with Crippen LogP contribution < -0.4 is 27.2 Å². The smallest absolute Gasteiger partial charge is 0.364 e. The number of nitrogens with one attached hydrogen (secondary N) is 4. The van der Waals surface area contributed by atoms with E-state index in [1.54, 1.807) is 14.0 Å². The monoisotopic (exact) mass is 561 g/mol. The molecule has 0 saturated carbocycles. The van der Waals surface area contributed by atoms with Gasteiger partial charge in [-0.2, -0.15) is 23.4 Å². The molecule has 208 valence electrons. The van der Waals surface area contributed by atoms with Crippen molar-refractivity contribution in [1.82, 2.24) is 21.5 Å². The molecular formula is C24H38F3N7OS2. The van der Waals surface area contributed by atoms with Crippen LogP contribution in [0.2, 0.25) is 0 Å². The van der Waals surface area contributed by atoms with E-state index < -0.39 is 23.0 Å². The maximum atomic E-state index is 13.0. The Hall–Kier alpha value is -2.35. The lowest BCUT2D eigenvalue weighted by Crippen LogP contribution is -2.52. The van der Waals surface area contributed by atoms with Gasteiger partial charge in [0, 0.05) is 23.6 Å². The number of nitrogens with zero attached hydrogens (tertiary/aromatic N) is 2. The zero-order valence-electron chi connectivity index (χ0n) is 22.6. The van der Waals surface area contributed by atoms with Gasteiger partial charge in [0.1, 0.15) is 11.4 Å². The first-order chi connectivity index (χ1) is 16.8. The van der Waals surface area contributed by atoms with Gasteiger partial charge >= 0.3 is 6.18 Å². The number of nitrogens with two attached hydrogens (primary N) is 1.